The number of nitrogens with two attached hydrogens (primary N) is 1. The number of nitrogens with one attached hydrogen (secondary N) is 1. The van der Waals surface area contributed by atoms with Crippen LogP contribution in [0.15, 0.2) is 39.6 Å². The molecule has 188 valence electrons. The van der Waals surface area contributed by atoms with E-state index in [1.54, 1.807) is 6.92 Å². The zero-order valence-corrected chi connectivity index (χ0v) is 19.9. The third kappa shape index (κ3) is 6.29. The van der Waals surface area contributed by atoms with Crippen LogP contribution in [0.3, 0.4) is 0 Å². The zero-order valence-electron chi connectivity index (χ0n) is 19.1. The highest BCUT2D eigenvalue weighted by atomic mass is 32.2. The molecule has 2 aromatic rings. The van der Waals surface area contributed by atoms with E-state index in [0.717, 1.165) is 6.26 Å². The van der Waals surface area contributed by atoms with Gasteiger partial charge in [-0.3, -0.25) is 9.59 Å². The Balaban J connectivity index is 2.01. The van der Waals surface area contributed by atoms with Crippen molar-refractivity contribution in [1.29, 1.82) is 0 Å². The summed E-state index contributed by atoms with van der Waals surface area (Å²) in [7, 11) is -3.27. The van der Waals surface area contributed by atoms with Crippen LogP contribution in [0, 0.1) is 6.92 Å². The summed E-state index contributed by atoms with van der Waals surface area (Å²) in [5.41, 5.74) is 5.90. The van der Waals surface area contributed by atoms with Gasteiger partial charge in [0, 0.05) is 42.8 Å². The molecule has 2 heterocycles. The minimum Gasteiger partial charge on any atom is -0.463 e. The smallest absolute Gasteiger partial charge is 0.439 e. The van der Waals surface area contributed by atoms with Crippen molar-refractivity contribution in [3.63, 3.8) is 0 Å². The van der Waals surface area contributed by atoms with Gasteiger partial charge < -0.3 is 21.1 Å². The van der Waals surface area contributed by atoms with Crippen LogP contribution in [0.25, 0.3) is 0 Å². The Morgan fingerprint density at radius 2 is 1.94 bits per heavy atom. The number of amides is 3. The Morgan fingerprint density at radius 3 is 2.60 bits per heavy atom. The van der Waals surface area contributed by atoms with E-state index in [1.807, 2.05) is 0 Å². The van der Waals surface area contributed by atoms with E-state index >= 15 is 0 Å². The molecule has 1 saturated heterocycles. The molecule has 0 saturated carbocycles. The third-order valence-electron chi connectivity index (χ3n) is 5.48. The normalized spacial score (nSPS) is 17.1. The summed E-state index contributed by atoms with van der Waals surface area (Å²) in [6.07, 6.45) is -1.00. The standard InChI is InChI=1S/C22H25F2N5O5S/c1-13-11-16(18(25)30)27-19(29-9-4-7-22(23,24)8-10-29)17(13)20(31)26-14-5-3-6-15(12-14)35(2,34)28-21(32)33/h3,5-6,11-12H,4,7-10H2,1-2H3,(H2,25,30)(H,26,31)(H,32,33). The summed E-state index contributed by atoms with van der Waals surface area (Å²) in [5, 5.41) is 11.5. The highest BCUT2D eigenvalue weighted by Crippen LogP contribution is 2.32. The zero-order chi connectivity index (χ0) is 26.0. The molecule has 1 atom stereocenters. The number of alkyl halides is 2. The number of rotatable bonds is 5. The van der Waals surface area contributed by atoms with E-state index < -0.39 is 40.0 Å². The maximum absolute atomic E-state index is 13.9. The van der Waals surface area contributed by atoms with E-state index in [4.69, 9.17) is 10.8 Å². The van der Waals surface area contributed by atoms with Gasteiger partial charge in [-0.2, -0.15) is 0 Å². The summed E-state index contributed by atoms with van der Waals surface area (Å²) >= 11 is 0. The van der Waals surface area contributed by atoms with Crippen LogP contribution < -0.4 is 16.0 Å². The molecule has 10 nitrogen and oxygen atoms in total. The number of hydrogen-bond donors (Lipinski definition) is 3. The first kappa shape index (κ1) is 26.0. The fourth-order valence-corrected chi connectivity index (χ4v) is 4.85. The second kappa shape index (κ2) is 9.94. The SMILES string of the molecule is Cc1cc(C(N)=O)nc(N2CCCC(F)(F)CC2)c1C(=O)Nc1cccc(S(C)(=O)=NC(=O)O)c1. The molecular weight excluding hydrogens is 484 g/mol. The van der Waals surface area contributed by atoms with Crippen molar-refractivity contribution in [1.82, 2.24) is 4.98 Å². The predicted molar refractivity (Wildman–Crippen MR) is 126 cm³/mol. The van der Waals surface area contributed by atoms with Crippen LogP contribution in [-0.4, -0.2) is 57.5 Å². The maximum atomic E-state index is 13.9. The number of benzene rings is 1. The predicted octanol–water partition coefficient (Wildman–Crippen LogP) is 3.50. The number of anilines is 2. The van der Waals surface area contributed by atoms with Crippen molar-refractivity contribution in [2.24, 2.45) is 10.1 Å². The number of carboxylic acid groups (broad SMARTS) is 1. The molecular formula is C22H25F2N5O5S. The molecule has 0 radical (unpaired) electrons. The third-order valence-corrected chi connectivity index (χ3v) is 7.11. The summed E-state index contributed by atoms with van der Waals surface area (Å²) in [4.78, 5) is 41.8. The number of carbonyl (C=O) groups excluding carboxylic acids is 2. The van der Waals surface area contributed by atoms with E-state index in [9.17, 15) is 27.4 Å². The van der Waals surface area contributed by atoms with Gasteiger partial charge >= 0.3 is 6.09 Å². The van der Waals surface area contributed by atoms with Crippen molar-refractivity contribution in [2.45, 2.75) is 37.0 Å². The topological polar surface area (TPSA) is 155 Å². The largest absolute Gasteiger partial charge is 0.463 e. The molecule has 0 aliphatic carbocycles. The highest BCUT2D eigenvalue weighted by molar-refractivity contribution is 7.93. The molecule has 1 aromatic carbocycles. The van der Waals surface area contributed by atoms with Gasteiger partial charge in [0.2, 0.25) is 5.92 Å². The minimum absolute atomic E-state index is 0.0605. The molecule has 1 aromatic heterocycles. The first-order chi connectivity index (χ1) is 16.3. The molecule has 1 aliphatic heterocycles. The van der Waals surface area contributed by atoms with Crippen molar-refractivity contribution in [3.05, 3.63) is 47.2 Å². The molecule has 1 fully saturated rings. The Hall–Kier alpha value is -3.61. The first-order valence-corrected chi connectivity index (χ1v) is 12.5. The van der Waals surface area contributed by atoms with E-state index in [-0.39, 0.29) is 53.6 Å². The van der Waals surface area contributed by atoms with Crippen LogP contribution in [0.5, 0.6) is 0 Å². The monoisotopic (exact) mass is 509 g/mol. The molecule has 0 spiro atoms. The number of aromatic nitrogens is 1. The van der Waals surface area contributed by atoms with Crippen LogP contribution >= 0.6 is 0 Å². The van der Waals surface area contributed by atoms with Crippen molar-refractivity contribution >= 4 is 39.1 Å². The Kier molecular flexibility index (Phi) is 7.38. The minimum atomic E-state index is -3.27. The van der Waals surface area contributed by atoms with Gasteiger partial charge in [-0.15, -0.1) is 4.36 Å². The van der Waals surface area contributed by atoms with Crippen molar-refractivity contribution in [2.75, 3.05) is 29.6 Å². The van der Waals surface area contributed by atoms with Gasteiger partial charge in [-0.25, -0.2) is 22.8 Å². The fraction of sp³-hybridized carbons (Fsp3) is 0.364. The number of nitrogens with zero attached hydrogens (tertiary/aromatic N) is 3. The lowest BCUT2D eigenvalue weighted by Gasteiger charge is -2.25. The lowest BCUT2D eigenvalue weighted by atomic mass is 10.1. The Bertz CT molecular complexity index is 1310. The van der Waals surface area contributed by atoms with Crippen LogP contribution in [0.4, 0.5) is 25.1 Å². The average Bonchev–Trinajstić information content (AvgIpc) is 2.92. The molecule has 0 bridgehead atoms. The van der Waals surface area contributed by atoms with Crippen LogP contribution in [-0.2, 0) is 9.73 Å². The van der Waals surface area contributed by atoms with Gasteiger partial charge in [0.1, 0.15) is 11.5 Å². The summed E-state index contributed by atoms with van der Waals surface area (Å²) in [5.74, 6) is -4.26. The van der Waals surface area contributed by atoms with Crippen LogP contribution in [0.1, 0.15) is 45.7 Å². The van der Waals surface area contributed by atoms with Gasteiger partial charge in [0.25, 0.3) is 11.8 Å². The number of halogens is 2. The summed E-state index contributed by atoms with van der Waals surface area (Å²) in [6.45, 7) is 1.70. The van der Waals surface area contributed by atoms with E-state index in [0.29, 0.717) is 5.56 Å². The number of carbonyl (C=O) groups is 3. The summed E-state index contributed by atoms with van der Waals surface area (Å²) in [6, 6.07) is 7.07. The molecule has 3 amide bonds. The highest BCUT2D eigenvalue weighted by Gasteiger charge is 2.33. The fourth-order valence-electron chi connectivity index (χ4n) is 3.77. The molecule has 3 rings (SSSR count). The molecule has 4 N–H and O–H groups in total. The number of hydrogen-bond acceptors (Lipinski definition) is 6. The van der Waals surface area contributed by atoms with Crippen molar-refractivity contribution in [3.8, 4) is 0 Å². The second-order valence-corrected chi connectivity index (χ2v) is 10.5. The first-order valence-electron chi connectivity index (χ1n) is 10.6. The van der Waals surface area contributed by atoms with Gasteiger partial charge in [-0.1, -0.05) is 6.07 Å². The quantitative estimate of drug-likeness (QED) is 0.557. The number of pyridine rings is 1. The van der Waals surface area contributed by atoms with Gasteiger partial charge in [-0.05, 0) is 43.2 Å². The summed E-state index contributed by atoms with van der Waals surface area (Å²) < 4.78 is 43.7. The molecule has 35 heavy (non-hydrogen) atoms. The number of primary amides is 1. The maximum Gasteiger partial charge on any atom is 0.439 e. The lowest BCUT2D eigenvalue weighted by molar-refractivity contribution is -0.0102. The Morgan fingerprint density at radius 1 is 1.23 bits per heavy atom. The van der Waals surface area contributed by atoms with E-state index in [1.165, 1.54) is 35.2 Å². The number of aryl methyl sites for hydroxylation is 1. The van der Waals surface area contributed by atoms with Gasteiger partial charge in [0.15, 0.2) is 0 Å². The second-order valence-electron chi connectivity index (χ2n) is 8.24. The molecule has 1 unspecified atom stereocenters. The average molecular weight is 510 g/mol. The van der Waals surface area contributed by atoms with Crippen LogP contribution in [0.2, 0.25) is 0 Å². The Labute approximate surface area is 200 Å². The van der Waals surface area contributed by atoms with Gasteiger partial charge in [0.05, 0.1) is 15.3 Å². The molecule has 1 aliphatic rings. The lowest BCUT2D eigenvalue weighted by Crippen LogP contribution is -2.31. The van der Waals surface area contributed by atoms with Crippen molar-refractivity contribution < 1.29 is 32.5 Å². The van der Waals surface area contributed by atoms with E-state index in [2.05, 4.69) is 14.7 Å². The molecule has 13 heteroatoms.